The van der Waals surface area contributed by atoms with Gasteiger partial charge in [-0.05, 0) is 41.8 Å². The molecule has 2 aromatic carbocycles. The molecular formula is C21H22NO10P. The zero-order valence-corrected chi connectivity index (χ0v) is 17.9. The smallest absolute Gasteiger partial charge is 0.470 e. The van der Waals surface area contributed by atoms with Crippen LogP contribution in [0.15, 0.2) is 60.8 Å². The molecule has 12 heteroatoms. The first kappa shape index (κ1) is 23.4. The van der Waals surface area contributed by atoms with Crippen LogP contribution in [0.4, 0.5) is 0 Å². The van der Waals surface area contributed by atoms with E-state index in [2.05, 4.69) is 4.52 Å². The summed E-state index contributed by atoms with van der Waals surface area (Å²) in [6, 6.07) is 14.2. The number of esters is 1. The average molecular weight is 479 g/mol. The fourth-order valence-corrected chi connectivity index (χ4v) is 4.30. The minimum Gasteiger partial charge on any atom is -0.508 e. The van der Waals surface area contributed by atoms with Gasteiger partial charge in [-0.2, -0.15) is 0 Å². The van der Waals surface area contributed by atoms with Crippen molar-refractivity contribution in [2.75, 3.05) is 6.61 Å². The summed E-state index contributed by atoms with van der Waals surface area (Å²) in [7, 11) is -5.09. The van der Waals surface area contributed by atoms with Crippen LogP contribution in [0.25, 0.3) is 10.9 Å². The Morgan fingerprint density at radius 1 is 1.03 bits per heavy atom. The number of para-hydroxylation sites is 1. The number of carbonyl (C=O) groups excluding carboxylic acids is 1. The van der Waals surface area contributed by atoms with Crippen LogP contribution in [0.1, 0.15) is 16.6 Å². The zero-order chi connectivity index (χ0) is 23.8. The van der Waals surface area contributed by atoms with Crippen LogP contribution in [0.5, 0.6) is 5.75 Å². The summed E-state index contributed by atoms with van der Waals surface area (Å²) >= 11 is 0. The van der Waals surface area contributed by atoms with Crippen LogP contribution in [0.3, 0.4) is 0 Å². The molecule has 5 N–H and O–H groups in total. The number of aliphatic hydroxyl groups is 2. The van der Waals surface area contributed by atoms with E-state index in [9.17, 15) is 34.5 Å². The van der Waals surface area contributed by atoms with E-state index < -0.39 is 51.0 Å². The number of phosphoric acid groups is 1. The van der Waals surface area contributed by atoms with Gasteiger partial charge in [-0.25, -0.2) is 9.36 Å². The molecule has 4 rings (SSSR count). The van der Waals surface area contributed by atoms with E-state index in [0.717, 1.165) is 5.39 Å². The van der Waals surface area contributed by atoms with Crippen molar-refractivity contribution in [3.05, 3.63) is 66.4 Å². The van der Waals surface area contributed by atoms with E-state index in [1.54, 1.807) is 24.4 Å². The number of carbonyl (C=O) groups is 1. The van der Waals surface area contributed by atoms with Crippen LogP contribution in [-0.4, -0.2) is 66.7 Å². The number of phenolic OH excluding ortho intramolecular Hbond substituents is 1. The molecule has 11 nitrogen and oxygen atoms in total. The molecule has 1 fully saturated rings. The van der Waals surface area contributed by atoms with Crippen molar-refractivity contribution in [2.45, 2.75) is 30.6 Å². The van der Waals surface area contributed by atoms with Gasteiger partial charge in [0, 0.05) is 6.20 Å². The second-order valence-electron chi connectivity index (χ2n) is 7.53. The second-order valence-corrected chi connectivity index (χ2v) is 8.73. The van der Waals surface area contributed by atoms with Crippen molar-refractivity contribution in [1.82, 2.24) is 4.57 Å². The van der Waals surface area contributed by atoms with Gasteiger partial charge in [0.1, 0.15) is 36.8 Å². The van der Waals surface area contributed by atoms with Gasteiger partial charge in [0.05, 0.1) is 11.1 Å². The lowest BCUT2D eigenvalue weighted by Crippen LogP contribution is -2.57. The summed E-state index contributed by atoms with van der Waals surface area (Å²) in [5.41, 5.74) is 0.793. The van der Waals surface area contributed by atoms with E-state index in [-0.39, 0.29) is 11.3 Å². The van der Waals surface area contributed by atoms with Crippen LogP contribution < -0.4 is 0 Å². The second kappa shape index (κ2) is 9.24. The molecule has 3 aromatic rings. The van der Waals surface area contributed by atoms with Crippen molar-refractivity contribution in [3.63, 3.8) is 0 Å². The Hall–Kier alpha value is -2.76. The maximum atomic E-state index is 12.3. The lowest BCUT2D eigenvalue weighted by molar-refractivity contribution is -0.246. The monoisotopic (exact) mass is 479 g/mol. The third kappa shape index (κ3) is 5.10. The molecule has 1 aromatic heterocycles. The largest absolute Gasteiger partial charge is 0.508 e. The highest BCUT2D eigenvalue weighted by Gasteiger charge is 2.49. The first-order chi connectivity index (χ1) is 15.6. The van der Waals surface area contributed by atoms with Crippen LogP contribution in [0, 0.1) is 0 Å². The molecule has 0 aliphatic carbocycles. The predicted octanol–water partition coefficient (Wildman–Crippen LogP) is 1.30. The Morgan fingerprint density at radius 3 is 2.42 bits per heavy atom. The van der Waals surface area contributed by atoms with E-state index in [0.29, 0.717) is 5.52 Å². The fraction of sp³-hybridized carbons (Fsp3) is 0.286. The number of aromatic nitrogens is 1. The zero-order valence-electron chi connectivity index (χ0n) is 17.0. The quantitative estimate of drug-likeness (QED) is 0.257. The van der Waals surface area contributed by atoms with Crippen LogP contribution in [-0.2, 0) is 18.6 Å². The number of hydrogen-bond donors (Lipinski definition) is 5. The highest BCUT2D eigenvalue weighted by Crippen LogP contribution is 2.43. The van der Waals surface area contributed by atoms with Gasteiger partial charge in [0.25, 0.3) is 0 Å². The standard InChI is InChI=1S/C21H22NO10P/c23-14-7-5-13(6-8-14)21(26)30-11-16-17(24)19(32-33(27,28)29)18(25)20(31-16)22-10-9-12-3-1-2-4-15(12)22/h1-10,16-20,23-25H,11H2,(H2,27,28,29)/t16-,17-,18-,19+,20-/m1/s1. The number of rotatable bonds is 6. The number of hydrogen-bond acceptors (Lipinski definition) is 8. The molecule has 0 unspecified atom stereocenters. The normalized spacial score (nSPS) is 25.8. The van der Waals surface area contributed by atoms with Gasteiger partial charge in [-0.15, -0.1) is 0 Å². The van der Waals surface area contributed by atoms with Crippen LogP contribution >= 0.6 is 7.82 Å². The molecule has 0 saturated carbocycles. The number of phosphoric ester groups is 1. The van der Waals surface area contributed by atoms with Crippen molar-refractivity contribution in [3.8, 4) is 5.75 Å². The average Bonchev–Trinajstić information content (AvgIpc) is 3.20. The number of aliphatic hydroxyl groups excluding tert-OH is 2. The van der Waals surface area contributed by atoms with E-state index in [4.69, 9.17) is 9.47 Å². The Labute approximate surface area is 187 Å². The van der Waals surface area contributed by atoms with Crippen LogP contribution in [0.2, 0.25) is 0 Å². The maximum Gasteiger partial charge on any atom is 0.470 e. The predicted molar refractivity (Wildman–Crippen MR) is 113 cm³/mol. The summed E-state index contributed by atoms with van der Waals surface area (Å²) in [5, 5.41) is 31.6. The van der Waals surface area contributed by atoms with Gasteiger partial charge >= 0.3 is 13.8 Å². The molecular weight excluding hydrogens is 457 g/mol. The minimum absolute atomic E-state index is 0.0363. The molecule has 1 saturated heterocycles. The van der Waals surface area contributed by atoms with E-state index in [1.807, 2.05) is 12.1 Å². The first-order valence-electron chi connectivity index (χ1n) is 9.91. The highest BCUT2D eigenvalue weighted by molar-refractivity contribution is 7.46. The molecule has 176 valence electrons. The summed E-state index contributed by atoms with van der Waals surface area (Å²) in [6.45, 7) is -0.496. The number of benzene rings is 2. The Bertz CT molecular complexity index is 1170. The Kier molecular flexibility index (Phi) is 6.55. The molecule has 0 radical (unpaired) electrons. The van der Waals surface area contributed by atoms with Crippen molar-refractivity contribution in [2.24, 2.45) is 0 Å². The van der Waals surface area contributed by atoms with Gasteiger partial charge in [0.2, 0.25) is 0 Å². The lowest BCUT2D eigenvalue weighted by atomic mass is 9.98. The fourth-order valence-electron chi connectivity index (χ4n) is 3.73. The Morgan fingerprint density at radius 2 is 1.73 bits per heavy atom. The number of ether oxygens (including phenoxy) is 2. The molecule has 1 aliphatic rings. The molecule has 1 aliphatic heterocycles. The van der Waals surface area contributed by atoms with Crippen molar-refractivity contribution in [1.29, 1.82) is 0 Å². The third-order valence-corrected chi connectivity index (χ3v) is 5.82. The highest BCUT2D eigenvalue weighted by atomic mass is 31.2. The first-order valence-corrected chi connectivity index (χ1v) is 11.4. The number of phenols is 1. The van der Waals surface area contributed by atoms with Gasteiger partial charge in [-0.1, -0.05) is 18.2 Å². The van der Waals surface area contributed by atoms with E-state index in [1.165, 1.54) is 28.8 Å². The van der Waals surface area contributed by atoms with Crippen molar-refractivity contribution < 1.29 is 48.5 Å². The summed E-state index contributed by atoms with van der Waals surface area (Å²) in [5.74, 6) is -0.807. The van der Waals surface area contributed by atoms with E-state index >= 15 is 0 Å². The molecule has 0 spiro atoms. The number of nitrogens with zero attached hydrogens (tertiary/aromatic N) is 1. The molecule has 33 heavy (non-hydrogen) atoms. The minimum atomic E-state index is -5.09. The SMILES string of the molecule is O=C(OC[C@H]1O[C@@H](n2ccc3ccccc32)[C@H](O)[C@@H](OP(=O)(O)O)[C@@H]1O)c1ccc(O)cc1. The van der Waals surface area contributed by atoms with Gasteiger partial charge in [0.15, 0.2) is 6.23 Å². The molecule has 5 atom stereocenters. The Balaban J connectivity index is 1.59. The summed E-state index contributed by atoms with van der Waals surface area (Å²) < 4.78 is 28.7. The molecule has 2 heterocycles. The van der Waals surface area contributed by atoms with Gasteiger partial charge < -0.3 is 39.1 Å². The number of aromatic hydroxyl groups is 1. The topological polar surface area (TPSA) is 168 Å². The summed E-state index contributed by atoms with van der Waals surface area (Å²) in [6.07, 6.45) is -5.99. The summed E-state index contributed by atoms with van der Waals surface area (Å²) in [4.78, 5) is 30.9. The molecule has 0 amide bonds. The number of fused-ring (bicyclic) bond motifs is 1. The third-order valence-electron chi connectivity index (χ3n) is 5.31. The van der Waals surface area contributed by atoms with Crippen molar-refractivity contribution >= 4 is 24.7 Å². The maximum absolute atomic E-state index is 12.3. The lowest BCUT2D eigenvalue weighted by Gasteiger charge is -2.42. The molecule has 0 bridgehead atoms. The van der Waals surface area contributed by atoms with Gasteiger partial charge in [-0.3, -0.25) is 4.52 Å².